The predicted molar refractivity (Wildman–Crippen MR) is 84.7 cm³/mol. The molecule has 3 aromatic rings. The molecule has 0 atom stereocenters. The van der Waals surface area contributed by atoms with Crippen LogP contribution in [0.4, 0.5) is 5.69 Å². The molecule has 6 heteroatoms. The molecule has 2 N–H and O–H groups in total. The highest BCUT2D eigenvalue weighted by Crippen LogP contribution is 2.36. The van der Waals surface area contributed by atoms with Crippen LogP contribution < -0.4 is 5.73 Å². The van der Waals surface area contributed by atoms with Crippen LogP contribution in [0, 0.1) is 6.92 Å². The van der Waals surface area contributed by atoms with Crippen molar-refractivity contribution in [2.45, 2.75) is 17.0 Å². The summed E-state index contributed by atoms with van der Waals surface area (Å²) in [6.45, 7) is 1.96. The van der Waals surface area contributed by atoms with Crippen LogP contribution in [-0.2, 0) is 0 Å². The molecule has 100 valence electrons. The van der Waals surface area contributed by atoms with E-state index >= 15 is 0 Å². The summed E-state index contributed by atoms with van der Waals surface area (Å²) in [5, 5.41) is 2.75. The zero-order chi connectivity index (χ0) is 14.1. The Labute approximate surface area is 129 Å². The Kier molecular flexibility index (Phi) is 3.58. The van der Waals surface area contributed by atoms with Gasteiger partial charge in [0.1, 0.15) is 16.4 Å². The number of halogens is 1. The first kappa shape index (κ1) is 13.3. The molecule has 20 heavy (non-hydrogen) atoms. The SMILES string of the molecule is Cc1c(N)cnc(Sc2ncnc3ccccc23)c1Br. The third-order valence-corrected chi connectivity index (χ3v) is 5.22. The van der Waals surface area contributed by atoms with Gasteiger partial charge in [0.25, 0.3) is 0 Å². The van der Waals surface area contributed by atoms with Gasteiger partial charge in [0.15, 0.2) is 0 Å². The lowest BCUT2D eigenvalue weighted by Gasteiger charge is -2.08. The van der Waals surface area contributed by atoms with Crippen molar-refractivity contribution in [3.8, 4) is 0 Å². The smallest absolute Gasteiger partial charge is 0.117 e. The molecular formula is C14H11BrN4S. The van der Waals surface area contributed by atoms with Crippen molar-refractivity contribution in [1.82, 2.24) is 15.0 Å². The monoisotopic (exact) mass is 346 g/mol. The van der Waals surface area contributed by atoms with Gasteiger partial charge in [-0.2, -0.15) is 0 Å². The average molecular weight is 347 g/mol. The minimum Gasteiger partial charge on any atom is -0.397 e. The van der Waals surface area contributed by atoms with Gasteiger partial charge in [-0.1, -0.05) is 18.2 Å². The van der Waals surface area contributed by atoms with Crippen LogP contribution in [0.5, 0.6) is 0 Å². The maximum absolute atomic E-state index is 5.85. The lowest BCUT2D eigenvalue weighted by Crippen LogP contribution is -1.95. The summed E-state index contributed by atoms with van der Waals surface area (Å²) >= 11 is 5.05. The molecule has 4 nitrogen and oxygen atoms in total. The average Bonchev–Trinajstić information content (AvgIpc) is 2.48. The standard InChI is InChI=1S/C14H11BrN4S/c1-8-10(16)6-17-14(12(8)15)20-13-9-4-2-3-5-11(9)18-7-19-13/h2-7H,16H2,1H3. The second-order valence-electron chi connectivity index (χ2n) is 4.26. The van der Waals surface area contributed by atoms with Crippen molar-refractivity contribution >= 4 is 44.3 Å². The number of pyridine rings is 1. The Bertz CT molecular complexity index is 786. The Morgan fingerprint density at radius 2 is 1.90 bits per heavy atom. The summed E-state index contributed by atoms with van der Waals surface area (Å²) in [5.41, 5.74) is 8.43. The van der Waals surface area contributed by atoms with Gasteiger partial charge in [-0.25, -0.2) is 15.0 Å². The first-order chi connectivity index (χ1) is 9.66. The first-order valence-corrected chi connectivity index (χ1v) is 7.56. The topological polar surface area (TPSA) is 64.7 Å². The molecule has 0 aliphatic rings. The number of hydrogen-bond acceptors (Lipinski definition) is 5. The van der Waals surface area contributed by atoms with Crippen LogP contribution >= 0.6 is 27.7 Å². The lowest BCUT2D eigenvalue weighted by atomic mass is 10.2. The van der Waals surface area contributed by atoms with E-state index in [1.165, 1.54) is 11.8 Å². The number of nitrogens with two attached hydrogens (primary N) is 1. The van der Waals surface area contributed by atoms with E-state index in [0.717, 1.165) is 31.0 Å². The number of nitrogen functional groups attached to an aromatic ring is 1. The van der Waals surface area contributed by atoms with Crippen molar-refractivity contribution in [3.63, 3.8) is 0 Å². The van der Waals surface area contributed by atoms with E-state index in [2.05, 4.69) is 30.9 Å². The molecular weight excluding hydrogens is 336 g/mol. The summed E-state index contributed by atoms with van der Waals surface area (Å²) < 4.78 is 0.908. The Hall–Kier alpha value is -1.66. The van der Waals surface area contributed by atoms with E-state index in [1.807, 2.05) is 31.2 Å². The van der Waals surface area contributed by atoms with Crippen molar-refractivity contribution in [3.05, 3.63) is 46.8 Å². The summed E-state index contributed by atoms with van der Waals surface area (Å²) in [7, 11) is 0. The minimum absolute atomic E-state index is 0.675. The molecule has 0 spiro atoms. The van der Waals surface area contributed by atoms with Gasteiger partial charge in [0, 0.05) is 5.39 Å². The van der Waals surface area contributed by atoms with E-state index in [4.69, 9.17) is 5.73 Å². The van der Waals surface area contributed by atoms with E-state index < -0.39 is 0 Å². The Morgan fingerprint density at radius 1 is 1.10 bits per heavy atom. The molecule has 0 aliphatic heterocycles. The second kappa shape index (κ2) is 5.38. The molecule has 0 radical (unpaired) electrons. The van der Waals surface area contributed by atoms with E-state index in [-0.39, 0.29) is 0 Å². The van der Waals surface area contributed by atoms with Crippen LogP contribution in [0.15, 0.2) is 51.3 Å². The maximum atomic E-state index is 5.85. The van der Waals surface area contributed by atoms with Gasteiger partial charge < -0.3 is 5.73 Å². The summed E-state index contributed by atoms with van der Waals surface area (Å²) in [4.78, 5) is 13.0. The maximum Gasteiger partial charge on any atom is 0.117 e. The van der Waals surface area contributed by atoms with E-state index in [1.54, 1.807) is 12.5 Å². The highest BCUT2D eigenvalue weighted by Gasteiger charge is 2.12. The number of rotatable bonds is 2. The highest BCUT2D eigenvalue weighted by molar-refractivity contribution is 9.10. The third-order valence-electron chi connectivity index (χ3n) is 2.97. The number of nitrogens with zero attached hydrogens (tertiary/aromatic N) is 3. The molecule has 3 rings (SSSR count). The molecule has 2 aromatic heterocycles. The minimum atomic E-state index is 0.675. The molecule has 0 amide bonds. The van der Waals surface area contributed by atoms with Gasteiger partial charge in [0.2, 0.25) is 0 Å². The lowest BCUT2D eigenvalue weighted by molar-refractivity contribution is 1.06. The van der Waals surface area contributed by atoms with E-state index in [0.29, 0.717) is 5.69 Å². The molecule has 2 heterocycles. The Morgan fingerprint density at radius 3 is 2.75 bits per heavy atom. The summed E-state index contributed by atoms with van der Waals surface area (Å²) in [5.74, 6) is 0. The molecule has 0 saturated heterocycles. The zero-order valence-corrected chi connectivity index (χ0v) is 13.1. The van der Waals surface area contributed by atoms with Crippen LogP contribution in [0.2, 0.25) is 0 Å². The number of benzene rings is 1. The van der Waals surface area contributed by atoms with Gasteiger partial charge in [-0.15, -0.1) is 0 Å². The van der Waals surface area contributed by atoms with Crippen molar-refractivity contribution in [2.75, 3.05) is 5.73 Å². The zero-order valence-electron chi connectivity index (χ0n) is 10.7. The third kappa shape index (κ3) is 2.36. The first-order valence-electron chi connectivity index (χ1n) is 5.95. The number of para-hydroxylation sites is 1. The molecule has 0 bridgehead atoms. The molecule has 0 unspecified atom stereocenters. The van der Waals surface area contributed by atoms with Crippen LogP contribution in [-0.4, -0.2) is 15.0 Å². The van der Waals surface area contributed by atoms with Crippen molar-refractivity contribution < 1.29 is 0 Å². The molecule has 0 saturated carbocycles. The van der Waals surface area contributed by atoms with E-state index in [9.17, 15) is 0 Å². The molecule has 1 aromatic carbocycles. The fraction of sp³-hybridized carbons (Fsp3) is 0.0714. The van der Waals surface area contributed by atoms with Crippen LogP contribution in [0.1, 0.15) is 5.56 Å². The highest BCUT2D eigenvalue weighted by atomic mass is 79.9. The quantitative estimate of drug-likeness (QED) is 0.714. The van der Waals surface area contributed by atoms with Crippen molar-refractivity contribution in [2.24, 2.45) is 0 Å². The number of fused-ring (bicyclic) bond motifs is 1. The van der Waals surface area contributed by atoms with Gasteiger partial charge in [-0.3, -0.25) is 0 Å². The largest absolute Gasteiger partial charge is 0.397 e. The number of anilines is 1. The van der Waals surface area contributed by atoms with Gasteiger partial charge in [-0.05, 0) is 46.2 Å². The Balaban J connectivity index is 2.08. The fourth-order valence-corrected chi connectivity index (χ4v) is 3.28. The van der Waals surface area contributed by atoms with Crippen LogP contribution in [0.3, 0.4) is 0 Å². The molecule has 0 aliphatic carbocycles. The normalized spacial score (nSPS) is 10.9. The van der Waals surface area contributed by atoms with Gasteiger partial charge >= 0.3 is 0 Å². The molecule has 0 fully saturated rings. The predicted octanol–water partition coefficient (Wildman–Crippen LogP) is 3.83. The number of aromatic nitrogens is 3. The van der Waals surface area contributed by atoms with Crippen molar-refractivity contribution in [1.29, 1.82) is 0 Å². The fourth-order valence-electron chi connectivity index (χ4n) is 1.79. The van der Waals surface area contributed by atoms with Gasteiger partial charge in [0.05, 0.1) is 21.9 Å². The summed E-state index contributed by atoms with van der Waals surface area (Å²) in [6.07, 6.45) is 3.24. The second-order valence-corrected chi connectivity index (χ2v) is 6.03. The van der Waals surface area contributed by atoms with Crippen LogP contribution in [0.25, 0.3) is 10.9 Å². The number of hydrogen-bond donors (Lipinski definition) is 1. The summed E-state index contributed by atoms with van der Waals surface area (Å²) in [6, 6.07) is 7.92.